The van der Waals surface area contributed by atoms with Crippen LogP contribution in [0, 0.1) is 11.8 Å². The van der Waals surface area contributed by atoms with Crippen molar-refractivity contribution in [2.75, 3.05) is 26.3 Å². The van der Waals surface area contributed by atoms with Gasteiger partial charge in [-0.15, -0.1) is 0 Å². The zero-order chi connectivity index (χ0) is 33.8. The first-order valence-electron chi connectivity index (χ1n) is 17.3. The summed E-state index contributed by atoms with van der Waals surface area (Å²) in [6.07, 6.45) is 9.28. The van der Waals surface area contributed by atoms with Gasteiger partial charge in [0.15, 0.2) is 11.4 Å². The molecule has 6 N–H and O–H groups in total. The molecule has 1 saturated heterocycles. The van der Waals surface area contributed by atoms with E-state index < -0.39 is 34.8 Å². The Bertz CT molecular complexity index is 1450. The number of epoxide rings is 1. The van der Waals surface area contributed by atoms with Crippen LogP contribution < -0.4 is 16.4 Å². The monoisotopic (exact) mass is 649 g/mol. The van der Waals surface area contributed by atoms with Gasteiger partial charge in [0.2, 0.25) is 5.78 Å². The Hall–Kier alpha value is -3.31. The zero-order valence-corrected chi connectivity index (χ0v) is 28.0. The van der Waals surface area contributed by atoms with E-state index in [1.54, 1.807) is 24.3 Å². The van der Waals surface area contributed by atoms with Crippen molar-refractivity contribution in [3.05, 3.63) is 70.1 Å². The van der Waals surface area contributed by atoms with Gasteiger partial charge >= 0.3 is 5.97 Å². The number of allylic oxidation sites excluding steroid dienone is 3. The van der Waals surface area contributed by atoms with Crippen LogP contribution in [-0.2, 0) is 14.3 Å². The van der Waals surface area contributed by atoms with Gasteiger partial charge in [0.1, 0.15) is 6.10 Å². The molecule has 1 aromatic carbocycles. The normalized spacial score (nSPS) is 29.4. The summed E-state index contributed by atoms with van der Waals surface area (Å²) in [4.78, 5) is 43.0. The van der Waals surface area contributed by atoms with Crippen molar-refractivity contribution in [2.24, 2.45) is 17.6 Å². The molecule has 10 nitrogen and oxygen atoms in total. The number of aliphatic hydroxyl groups is 2. The van der Waals surface area contributed by atoms with Gasteiger partial charge in [-0.1, -0.05) is 56.2 Å². The topological polar surface area (TPSA) is 164 Å². The fourth-order valence-electron chi connectivity index (χ4n) is 7.90. The second-order valence-electron chi connectivity index (χ2n) is 13.5. The Balaban J connectivity index is 1.47. The van der Waals surface area contributed by atoms with E-state index in [2.05, 4.69) is 30.6 Å². The number of dihydropyridines is 1. The van der Waals surface area contributed by atoms with Crippen LogP contribution in [-0.4, -0.2) is 77.4 Å². The van der Waals surface area contributed by atoms with Gasteiger partial charge in [0, 0.05) is 42.7 Å². The minimum absolute atomic E-state index is 0.0158. The third-order valence-electron chi connectivity index (χ3n) is 10.7. The molecule has 0 amide bonds. The van der Waals surface area contributed by atoms with E-state index in [-0.39, 0.29) is 42.7 Å². The van der Waals surface area contributed by atoms with Crippen molar-refractivity contribution in [1.82, 2.24) is 10.6 Å². The van der Waals surface area contributed by atoms with Crippen LogP contribution in [0.5, 0.6) is 0 Å². The first-order chi connectivity index (χ1) is 22.6. The Morgan fingerprint density at radius 1 is 1.17 bits per heavy atom. The van der Waals surface area contributed by atoms with Gasteiger partial charge in [-0.25, -0.2) is 4.79 Å². The Morgan fingerprint density at radius 2 is 1.91 bits per heavy atom. The lowest BCUT2D eigenvalue weighted by Crippen LogP contribution is -2.53. The summed E-state index contributed by atoms with van der Waals surface area (Å²) in [5.74, 6) is -0.848. The van der Waals surface area contributed by atoms with Crippen LogP contribution >= 0.6 is 0 Å². The van der Waals surface area contributed by atoms with E-state index in [1.165, 1.54) is 0 Å². The van der Waals surface area contributed by atoms with E-state index in [0.29, 0.717) is 49.5 Å². The number of esters is 1. The molecular formula is C37H51N3O7. The van der Waals surface area contributed by atoms with Crippen molar-refractivity contribution in [3.8, 4) is 0 Å². The molecule has 0 bridgehead atoms. The van der Waals surface area contributed by atoms with Gasteiger partial charge in [0.25, 0.3) is 5.60 Å². The minimum atomic E-state index is -2.14. The number of carbonyl (C=O) groups is 3. The van der Waals surface area contributed by atoms with E-state index in [4.69, 9.17) is 15.2 Å². The number of hydrogen-bond acceptors (Lipinski definition) is 10. The number of carbonyl (C=O) groups excluding carboxylic acids is 3. The highest BCUT2D eigenvalue weighted by atomic mass is 16.7. The number of benzene rings is 1. The molecule has 256 valence electrons. The van der Waals surface area contributed by atoms with Crippen LogP contribution in [0.15, 0.2) is 59.0 Å². The molecule has 2 heterocycles. The summed E-state index contributed by atoms with van der Waals surface area (Å²) in [6.45, 7) is 7.11. The highest BCUT2D eigenvalue weighted by molar-refractivity contribution is 6.33. The predicted molar refractivity (Wildman–Crippen MR) is 178 cm³/mol. The third-order valence-corrected chi connectivity index (χ3v) is 10.7. The molecule has 0 unspecified atom stereocenters. The number of nitrogens with two attached hydrogens (primary N) is 1. The summed E-state index contributed by atoms with van der Waals surface area (Å²) < 4.78 is 12.5. The Labute approximate surface area is 277 Å². The quantitative estimate of drug-likeness (QED) is 0.0816. The lowest BCUT2D eigenvalue weighted by atomic mass is 9.71. The smallest absolute Gasteiger partial charge is 0.350 e. The second-order valence-corrected chi connectivity index (χ2v) is 13.5. The van der Waals surface area contributed by atoms with Gasteiger partial charge in [-0.2, -0.15) is 0 Å². The molecule has 2 fully saturated rings. The summed E-state index contributed by atoms with van der Waals surface area (Å²) in [5.41, 5.74) is 4.79. The molecular weight excluding hydrogens is 598 g/mol. The molecule has 0 spiro atoms. The molecule has 1 aromatic rings. The van der Waals surface area contributed by atoms with E-state index in [1.807, 2.05) is 13.0 Å². The number of ketones is 2. The highest BCUT2D eigenvalue weighted by Gasteiger charge is 2.85. The number of Topliss-reactive ketones (excluding diaryl/α,β-unsaturated/α-hetero) is 2. The number of nitrogens with one attached hydrogen (secondary N) is 2. The molecule has 1 saturated carbocycles. The lowest BCUT2D eigenvalue weighted by Gasteiger charge is -2.40. The van der Waals surface area contributed by atoms with Crippen LogP contribution in [0.3, 0.4) is 0 Å². The number of hydrogen-bond donors (Lipinski definition) is 5. The standard InChI is InChI=1S/C37H51N3O7/c1-4-24-14-15-30(39-5-2)29(19-24)31(11-8-18-41)46-35(45)37-34(44)28-10-7-6-9-27(28)33(43)36(37,47-37)21-26(22-42)23(3)12-13-25-16-17-40-32(38)20-25/h6-7,9-10,16,20,24,29-31,39-42H,4-5,8,11-15,17-19,21-22,38H2,1-3H3/b26-23-/t24-,29+,30+,31+,36+,37+/m1/s1. The maximum Gasteiger partial charge on any atom is 0.350 e. The highest BCUT2D eigenvalue weighted by Crippen LogP contribution is 2.59. The fraction of sp³-hybridized carbons (Fsp3) is 0.595. The Kier molecular flexibility index (Phi) is 11.1. The average Bonchev–Trinajstić information content (AvgIpc) is 3.79. The SMILES string of the molecule is CCN[C@H]1CC[C@@H](CC)C[C@@H]1[C@H](CCCO)OC(=O)[C@]12O[C@@]1(C/C(CO)=C(\C)CCC1=CCNC(N)=C1)C(=O)c1ccccc1C2=O. The van der Waals surface area contributed by atoms with E-state index >= 15 is 0 Å². The Morgan fingerprint density at radius 3 is 2.57 bits per heavy atom. The molecule has 0 aromatic heterocycles. The van der Waals surface area contributed by atoms with E-state index in [0.717, 1.165) is 43.4 Å². The first-order valence-corrected chi connectivity index (χ1v) is 17.3. The maximum atomic E-state index is 14.5. The average molecular weight is 650 g/mol. The van der Waals surface area contributed by atoms with Crippen LogP contribution in [0.1, 0.15) is 99.3 Å². The summed E-state index contributed by atoms with van der Waals surface area (Å²) in [6, 6.07) is 6.61. The first kappa shape index (κ1) is 35.0. The van der Waals surface area contributed by atoms with Crippen molar-refractivity contribution >= 4 is 17.5 Å². The van der Waals surface area contributed by atoms with Crippen LogP contribution in [0.2, 0.25) is 0 Å². The third kappa shape index (κ3) is 6.70. The minimum Gasteiger partial charge on any atom is -0.459 e. The molecule has 4 aliphatic rings. The molecule has 2 aliphatic heterocycles. The van der Waals surface area contributed by atoms with E-state index in [9.17, 15) is 24.6 Å². The largest absolute Gasteiger partial charge is 0.459 e. The number of ether oxygens (including phenoxy) is 2. The summed E-state index contributed by atoms with van der Waals surface area (Å²) in [5, 5.41) is 26.9. The number of fused-ring (bicyclic) bond motifs is 2. The zero-order valence-electron chi connectivity index (χ0n) is 28.0. The lowest BCUT2D eigenvalue weighted by molar-refractivity contribution is -0.159. The summed E-state index contributed by atoms with van der Waals surface area (Å²) >= 11 is 0. The number of aliphatic hydroxyl groups excluding tert-OH is 2. The predicted octanol–water partition coefficient (Wildman–Crippen LogP) is 3.87. The molecule has 2 aliphatic carbocycles. The van der Waals surface area contributed by atoms with Crippen molar-refractivity contribution in [3.63, 3.8) is 0 Å². The van der Waals surface area contributed by atoms with Crippen LogP contribution in [0.4, 0.5) is 0 Å². The molecule has 10 heteroatoms. The van der Waals surface area contributed by atoms with Crippen LogP contribution in [0.25, 0.3) is 0 Å². The maximum absolute atomic E-state index is 14.5. The molecule has 47 heavy (non-hydrogen) atoms. The fourth-order valence-corrected chi connectivity index (χ4v) is 7.90. The van der Waals surface area contributed by atoms with Gasteiger partial charge in [-0.05, 0) is 81.6 Å². The van der Waals surface area contributed by atoms with Gasteiger partial charge < -0.3 is 36.1 Å². The summed E-state index contributed by atoms with van der Waals surface area (Å²) in [7, 11) is 0. The van der Waals surface area contributed by atoms with Crippen molar-refractivity contribution in [1.29, 1.82) is 0 Å². The van der Waals surface area contributed by atoms with Gasteiger partial charge in [-0.3, -0.25) is 9.59 Å². The molecule has 5 rings (SSSR count). The molecule has 0 radical (unpaired) electrons. The van der Waals surface area contributed by atoms with Gasteiger partial charge in [0.05, 0.1) is 12.4 Å². The van der Waals surface area contributed by atoms with Crippen molar-refractivity contribution in [2.45, 2.75) is 102 Å². The van der Waals surface area contributed by atoms with Crippen molar-refractivity contribution < 1.29 is 34.1 Å². The second kappa shape index (κ2) is 14.8. The number of rotatable bonds is 15. The molecule has 6 atom stereocenters.